The summed E-state index contributed by atoms with van der Waals surface area (Å²) in [6, 6.07) is 16.5. The number of carbonyl (C=O) groups excluding carboxylic acids is 1. The quantitative estimate of drug-likeness (QED) is 0.643. The van der Waals surface area contributed by atoms with Crippen molar-refractivity contribution in [2.24, 2.45) is 0 Å². The van der Waals surface area contributed by atoms with Crippen molar-refractivity contribution in [3.8, 4) is 0 Å². The van der Waals surface area contributed by atoms with Gasteiger partial charge in [0.25, 0.3) is 5.91 Å². The Hall–Kier alpha value is -1.85. The maximum absolute atomic E-state index is 12.9. The molecule has 25 heavy (non-hydrogen) atoms. The van der Waals surface area contributed by atoms with E-state index >= 15 is 0 Å². The van der Waals surface area contributed by atoms with Crippen molar-refractivity contribution in [3.63, 3.8) is 0 Å². The van der Waals surface area contributed by atoms with E-state index < -0.39 is 0 Å². The van der Waals surface area contributed by atoms with Gasteiger partial charge in [-0.25, -0.2) is 4.98 Å². The van der Waals surface area contributed by atoms with E-state index in [0.717, 1.165) is 35.5 Å². The Bertz CT molecular complexity index is 872. The van der Waals surface area contributed by atoms with E-state index in [1.807, 2.05) is 40.9 Å². The number of hydrogen-bond donors (Lipinski definition) is 0. The fourth-order valence-corrected chi connectivity index (χ4v) is 5.53. The fraction of sp³-hybridized carbons (Fsp3) is 0.300. The Morgan fingerprint density at radius 1 is 1.12 bits per heavy atom. The second kappa shape index (κ2) is 7.18. The summed E-state index contributed by atoms with van der Waals surface area (Å²) >= 11 is 3.46. The number of aromatic nitrogens is 1. The van der Waals surface area contributed by atoms with Gasteiger partial charge in [-0.2, -0.15) is 11.8 Å². The highest BCUT2D eigenvalue weighted by atomic mass is 32.2. The normalized spacial score (nSPS) is 18.3. The van der Waals surface area contributed by atoms with Crippen LogP contribution in [-0.4, -0.2) is 34.6 Å². The van der Waals surface area contributed by atoms with Crippen molar-refractivity contribution in [2.75, 3.05) is 18.8 Å². The van der Waals surface area contributed by atoms with Gasteiger partial charge < -0.3 is 4.90 Å². The average molecular weight is 369 g/mol. The number of benzene rings is 2. The third-order valence-electron chi connectivity index (χ3n) is 4.64. The molecule has 1 fully saturated rings. The molecular weight excluding hydrogens is 348 g/mol. The molecule has 1 atom stereocenters. The fourth-order valence-electron chi connectivity index (χ4n) is 3.27. The number of thioether (sulfide) groups is 1. The molecule has 1 unspecified atom stereocenters. The van der Waals surface area contributed by atoms with Crippen LogP contribution < -0.4 is 0 Å². The maximum Gasteiger partial charge on any atom is 0.282 e. The lowest BCUT2D eigenvalue weighted by Gasteiger charge is -2.19. The predicted octanol–water partition coefficient (Wildman–Crippen LogP) is 4.93. The molecule has 1 saturated heterocycles. The van der Waals surface area contributed by atoms with Crippen LogP contribution in [0.3, 0.4) is 0 Å². The monoisotopic (exact) mass is 368 g/mol. The van der Waals surface area contributed by atoms with E-state index in [2.05, 4.69) is 36.2 Å². The number of hydrogen-bond acceptors (Lipinski definition) is 4. The Labute approximate surface area is 156 Å². The zero-order valence-corrected chi connectivity index (χ0v) is 15.8. The first-order valence-electron chi connectivity index (χ1n) is 8.54. The van der Waals surface area contributed by atoms with Crippen LogP contribution in [0.1, 0.15) is 32.6 Å². The summed E-state index contributed by atoms with van der Waals surface area (Å²) in [6.45, 7) is 3.76. The lowest BCUT2D eigenvalue weighted by molar-refractivity contribution is 0.0766. The third-order valence-corrected chi connectivity index (χ3v) is 6.98. The smallest absolute Gasteiger partial charge is 0.282 e. The van der Waals surface area contributed by atoms with Gasteiger partial charge in [0.05, 0.1) is 10.2 Å². The van der Waals surface area contributed by atoms with Crippen molar-refractivity contribution in [1.82, 2.24) is 9.88 Å². The molecule has 0 spiro atoms. The third kappa shape index (κ3) is 3.44. The zero-order chi connectivity index (χ0) is 17.2. The molecule has 0 radical (unpaired) electrons. The minimum absolute atomic E-state index is 0.0761. The first-order valence-corrected chi connectivity index (χ1v) is 10.4. The summed E-state index contributed by atoms with van der Waals surface area (Å²) in [5.74, 6) is 1.04. The Balaban J connectivity index is 1.50. The second-order valence-electron chi connectivity index (χ2n) is 6.28. The summed E-state index contributed by atoms with van der Waals surface area (Å²) in [4.78, 5) is 19.4. The van der Waals surface area contributed by atoms with E-state index in [4.69, 9.17) is 0 Å². The van der Waals surface area contributed by atoms with Crippen LogP contribution in [0.4, 0.5) is 0 Å². The standard InChI is InChI=1S/C20H20N2OS2/c1-14-6-2-3-7-15(14)17-10-11-22(12-13-24-17)20(23)19-21-16-8-4-5-9-18(16)25-19/h2-9,17H,10-13H2,1H3. The Morgan fingerprint density at radius 2 is 1.92 bits per heavy atom. The van der Waals surface area contributed by atoms with Gasteiger partial charge in [0.15, 0.2) is 5.01 Å². The molecular formula is C20H20N2OS2. The predicted molar refractivity (Wildman–Crippen MR) is 107 cm³/mol. The second-order valence-corrected chi connectivity index (χ2v) is 8.62. The largest absolute Gasteiger partial charge is 0.336 e. The molecule has 128 valence electrons. The molecule has 1 aliphatic heterocycles. The lowest BCUT2D eigenvalue weighted by Crippen LogP contribution is -2.32. The number of aryl methyl sites for hydroxylation is 1. The number of fused-ring (bicyclic) bond motifs is 1. The average Bonchev–Trinajstić information content (AvgIpc) is 2.92. The summed E-state index contributed by atoms with van der Waals surface area (Å²) in [5, 5.41) is 1.08. The molecule has 0 N–H and O–H groups in total. The molecule has 3 aromatic rings. The van der Waals surface area contributed by atoms with Crippen molar-refractivity contribution < 1.29 is 4.79 Å². The van der Waals surface area contributed by atoms with E-state index in [-0.39, 0.29) is 5.91 Å². The first-order chi connectivity index (χ1) is 12.2. The first kappa shape index (κ1) is 16.6. The van der Waals surface area contributed by atoms with Gasteiger partial charge in [-0.1, -0.05) is 36.4 Å². The maximum atomic E-state index is 12.9. The SMILES string of the molecule is Cc1ccccc1C1CCN(C(=O)c2nc3ccccc3s2)CCS1. The molecule has 1 aromatic heterocycles. The van der Waals surface area contributed by atoms with Crippen LogP contribution >= 0.6 is 23.1 Å². The van der Waals surface area contributed by atoms with Crippen molar-refractivity contribution in [2.45, 2.75) is 18.6 Å². The number of rotatable bonds is 2. The van der Waals surface area contributed by atoms with Crippen LogP contribution in [-0.2, 0) is 0 Å². The van der Waals surface area contributed by atoms with Crippen LogP contribution in [0.15, 0.2) is 48.5 Å². The van der Waals surface area contributed by atoms with Crippen LogP contribution in [0.25, 0.3) is 10.2 Å². The van der Waals surface area contributed by atoms with E-state index in [0.29, 0.717) is 10.3 Å². The van der Waals surface area contributed by atoms with Crippen molar-refractivity contribution in [1.29, 1.82) is 0 Å². The molecule has 0 saturated carbocycles. The number of para-hydroxylation sites is 1. The molecule has 2 heterocycles. The Morgan fingerprint density at radius 3 is 2.76 bits per heavy atom. The summed E-state index contributed by atoms with van der Waals surface area (Å²) in [5.41, 5.74) is 3.66. The number of nitrogens with zero attached hydrogens (tertiary/aromatic N) is 2. The minimum atomic E-state index is 0.0761. The molecule has 1 amide bonds. The Kier molecular flexibility index (Phi) is 4.77. The van der Waals surface area contributed by atoms with Gasteiger partial charge >= 0.3 is 0 Å². The number of amides is 1. The zero-order valence-electron chi connectivity index (χ0n) is 14.1. The van der Waals surface area contributed by atoms with E-state index in [1.165, 1.54) is 22.5 Å². The van der Waals surface area contributed by atoms with Gasteiger partial charge in [-0.3, -0.25) is 4.79 Å². The van der Waals surface area contributed by atoms with Crippen LogP contribution in [0, 0.1) is 6.92 Å². The molecule has 0 bridgehead atoms. The summed E-state index contributed by atoms with van der Waals surface area (Å²) in [6.07, 6.45) is 0.992. The van der Waals surface area contributed by atoms with Crippen LogP contribution in [0.2, 0.25) is 0 Å². The highest BCUT2D eigenvalue weighted by Gasteiger charge is 2.25. The molecule has 4 rings (SSSR count). The number of thiazole rings is 1. The highest BCUT2D eigenvalue weighted by molar-refractivity contribution is 7.99. The lowest BCUT2D eigenvalue weighted by atomic mass is 10.0. The van der Waals surface area contributed by atoms with Crippen molar-refractivity contribution >= 4 is 39.2 Å². The van der Waals surface area contributed by atoms with Gasteiger partial charge in [0.1, 0.15) is 0 Å². The molecule has 5 heteroatoms. The van der Waals surface area contributed by atoms with Gasteiger partial charge in [0.2, 0.25) is 0 Å². The summed E-state index contributed by atoms with van der Waals surface area (Å²) < 4.78 is 1.08. The van der Waals surface area contributed by atoms with Crippen LogP contribution in [0.5, 0.6) is 0 Å². The highest BCUT2D eigenvalue weighted by Crippen LogP contribution is 2.36. The molecule has 2 aromatic carbocycles. The molecule has 3 nitrogen and oxygen atoms in total. The topological polar surface area (TPSA) is 33.2 Å². The van der Waals surface area contributed by atoms with Gasteiger partial charge in [-0.15, -0.1) is 11.3 Å². The van der Waals surface area contributed by atoms with Crippen molar-refractivity contribution in [3.05, 3.63) is 64.7 Å². The van der Waals surface area contributed by atoms with E-state index in [1.54, 1.807) is 0 Å². The van der Waals surface area contributed by atoms with Gasteiger partial charge in [0, 0.05) is 24.1 Å². The van der Waals surface area contributed by atoms with E-state index in [9.17, 15) is 4.79 Å². The minimum Gasteiger partial charge on any atom is -0.336 e. The molecule has 1 aliphatic rings. The number of carbonyl (C=O) groups is 1. The molecule has 0 aliphatic carbocycles. The van der Waals surface area contributed by atoms with Gasteiger partial charge in [-0.05, 0) is 36.6 Å². The summed E-state index contributed by atoms with van der Waals surface area (Å²) in [7, 11) is 0.